The maximum atomic E-state index is 13.1. The summed E-state index contributed by atoms with van der Waals surface area (Å²) in [5, 5.41) is 23.7. The number of nitrogens with one attached hydrogen (secondary N) is 1. The fourth-order valence-electron chi connectivity index (χ4n) is 6.95. The largest absolute Gasteiger partial charge is 0.462 e. The molecule has 0 aliphatic heterocycles. The number of amides is 1. The van der Waals surface area contributed by atoms with Crippen molar-refractivity contribution in [2.24, 2.45) is 0 Å². The summed E-state index contributed by atoms with van der Waals surface area (Å²) in [7, 11) is 0. The maximum Gasteiger partial charge on any atom is 0.306 e. The predicted octanol–water partition coefficient (Wildman–Crippen LogP) is 14.1. The molecule has 330 valence electrons. The Kier molecular flexibility index (Phi) is 42.7. The van der Waals surface area contributed by atoms with Crippen LogP contribution in [0, 0.1) is 0 Å². The van der Waals surface area contributed by atoms with Crippen LogP contribution < -0.4 is 5.32 Å². The lowest BCUT2D eigenvalue weighted by atomic mass is 10.0. The number of carbonyl (C=O) groups is 2. The number of allylic oxidation sites excluding steroid dienone is 10. The van der Waals surface area contributed by atoms with Crippen molar-refractivity contribution in [1.29, 1.82) is 0 Å². The summed E-state index contributed by atoms with van der Waals surface area (Å²) in [6.07, 6.45) is 54.3. The molecule has 57 heavy (non-hydrogen) atoms. The first kappa shape index (κ1) is 54.6. The van der Waals surface area contributed by atoms with Gasteiger partial charge in [0.25, 0.3) is 0 Å². The molecule has 0 fully saturated rings. The van der Waals surface area contributed by atoms with E-state index in [1.165, 1.54) is 70.6 Å². The number of unbranched alkanes of at least 4 members (excludes halogenated alkanes) is 20. The van der Waals surface area contributed by atoms with Crippen LogP contribution in [0.3, 0.4) is 0 Å². The lowest BCUT2D eigenvalue weighted by molar-refractivity contribution is -0.151. The third-order valence-corrected chi connectivity index (χ3v) is 10.6. The molecule has 0 aliphatic rings. The zero-order chi connectivity index (χ0) is 41.7. The number of rotatable bonds is 42. The van der Waals surface area contributed by atoms with Crippen molar-refractivity contribution in [2.45, 2.75) is 244 Å². The van der Waals surface area contributed by atoms with E-state index in [-0.39, 0.29) is 24.9 Å². The van der Waals surface area contributed by atoms with Gasteiger partial charge in [-0.1, -0.05) is 191 Å². The molecule has 0 aliphatic carbocycles. The Balaban J connectivity index is 4.51. The SMILES string of the molecule is CC/C=C/C/C=C/C/C=C/C/C=C/CCCCCC(=O)OC(CCCCC/C=C\CCC)CC(=O)NC(CO)C(O)CCCCCCCCCCCCCCCC. The normalized spacial score (nSPS) is 13.8. The van der Waals surface area contributed by atoms with Crippen LogP contribution in [0.25, 0.3) is 0 Å². The van der Waals surface area contributed by atoms with E-state index in [0.717, 1.165) is 109 Å². The molecule has 0 spiro atoms. The minimum Gasteiger partial charge on any atom is -0.462 e. The van der Waals surface area contributed by atoms with Crippen LogP contribution in [0.4, 0.5) is 0 Å². The van der Waals surface area contributed by atoms with Gasteiger partial charge in [0.1, 0.15) is 6.10 Å². The van der Waals surface area contributed by atoms with Gasteiger partial charge in [-0.3, -0.25) is 9.59 Å². The van der Waals surface area contributed by atoms with E-state index in [1.807, 2.05) is 0 Å². The zero-order valence-electron chi connectivity index (χ0n) is 37.5. The van der Waals surface area contributed by atoms with Gasteiger partial charge >= 0.3 is 5.97 Å². The summed E-state index contributed by atoms with van der Waals surface area (Å²) in [5.41, 5.74) is 0. The standard InChI is InChI=1S/C51H91NO5/c1-4-7-10-13-16-19-21-23-25-26-28-30-32-35-38-41-44-51(56)57-47(42-39-36-33-18-15-12-9-6-3)45-50(55)52-48(46-53)49(54)43-40-37-34-31-29-27-24-22-20-17-14-11-8-5-2/h7,10,12,15-16,19,23,25,28,30,47-49,53-54H,4-6,8-9,11,13-14,17-18,20-22,24,26-27,29,31-46H2,1-3H3,(H,52,55)/b10-7+,15-12-,19-16+,25-23+,30-28+. The summed E-state index contributed by atoms with van der Waals surface area (Å²) in [6, 6.07) is -0.712. The minimum absolute atomic E-state index is 0.0516. The second-order valence-electron chi connectivity index (χ2n) is 16.1. The fourth-order valence-corrected chi connectivity index (χ4v) is 6.95. The quantitative estimate of drug-likeness (QED) is 0.0325. The Morgan fingerprint density at radius 1 is 0.526 bits per heavy atom. The van der Waals surface area contributed by atoms with Gasteiger partial charge in [-0.25, -0.2) is 0 Å². The van der Waals surface area contributed by atoms with Crippen molar-refractivity contribution < 1.29 is 24.5 Å². The number of esters is 1. The van der Waals surface area contributed by atoms with E-state index in [0.29, 0.717) is 19.3 Å². The summed E-state index contributed by atoms with van der Waals surface area (Å²) in [6.45, 7) is 6.28. The summed E-state index contributed by atoms with van der Waals surface area (Å²) in [4.78, 5) is 26.0. The van der Waals surface area contributed by atoms with Crippen LogP contribution in [0.2, 0.25) is 0 Å². The number of hydrogen-bond donors (Lipinski definition) is 3. The van der Waals surface area contributed by atoms with E-state index in [2.05, 4.69) is 86.8 Å². The third kappa shape index (κ3) is 40.1. The van der Waals surface area contributed by atoms with Crippen LogP contribution in [0.5, 0.6) is 0 Å². The average Bonchev–Trinajstić information content (AvgIpc) is 3.20. The Morgan fingerprint density at radius 3 is 1.53 bits per heavy atom. The topological polar surface area (TPSA) is 95.9 Å². The molecule has 0 aromatic heterocycles. The van der Waals surface area contributed by atoms with Crippen molar-refractivity contribution in [3.05, 3.63) is 60.8 Å². The predicted molar refractivity (Wildman–Crippen MR) is 245 cm³/mol. The number of carbonyl (C=O) groups excluding carboxylic acids is 2. The van der Waals surface area contributed by atoms with Gasteiger partial charge in [0, 0.05) is 6.42 Å². The molecular formula is C51H91NO5. The van der Waals surface area contributed by atoms with E-state index in [1.54, 1.807) is 0 Å². The summed E-state index contributed by atoms with van der Waals surface area (Å²) in [5.74, 6) is -0.532. The fraction of sp³-hybridized carbons (Fsp3) is 0.765. The lowest BCUT2D eigenvalue weighted by Gasteiger charge is -2.24. The van der Waals surface area contributed by atoms with Crippen molar-refractivity contribution >= 4 is 11.9 Å². The lowest BCUT2D eigenvalue weighted by Crippen LogP contribution is -2.46. The molecule has 0 aromatic rings. The first-order valence-corrected chi connectivity index (χ1v) is 24.0. The Bertz CT molecular complexity index is 1030. The van der Waals surface area contributed by atoms with E-state index >= 15 is 0 Å². The van der Waals surface area contributed by atoms with Crippen LogP contribution in [-0.2, 0) is 14.3 Å². The smallest absolute Gasteiger partial charge is 0.306 e. The second-order valence-corrected chi connectivity index (χ2v) is 16.1. The summed E-state index contributed by atoms with van der Waals surface area (Å²) < 4.78 is 5.87. The van der Waals surface area contributed by atoms with Crippen molar-refractivity contribution in [2.75, 3.05) is 6.61 Å². The van der Waals surface area contributed by atoms with Crippen LogP contribution in [0.1, 0.15) is 226 Å². The van der Waals surface area contributed by atoms with Crippen molar-refractivity contribution in [3.63, 3.8) is 0 Å². The molecule has 0 radical (unpaired) electrons. The Morgan fingerprint density at radius 2 is 0.982 bits per heavy atom. The van der Waals surface area contributed by atoms with Crippen molar-refractivity contribution in [1.82, 2.24) is 5.32 Å². The zero-order valence-corrected chi connectivity index (χ0v) is 37.5. The molecular weight excluding hydrogens is 707 g/mol. The molecule has 1 amide bonds. The highest BCUT2D eigenvalue weighted by molar-refractivity contribution is 5.77. The van der Waals surface area contributed by atoms with E-state index in [4.69, 9.17) is 4.74 Å². The number of aliphatic hydroxyl groups is 2. The molecule has 3 N–H and O–H groups in total. The minimum atomic E-state index is -0.797. The first-order valence-electron chi connectivity index (χ1n) is 24.0. The molecule has 0 rings (SSSR count). The monoisotopic (exact) mass is 798 g/mol. The molecule has 0 aromatic carbocycles. The van der Waals surface area contributed by atoms with Gasteiger partial charge in [0.05, 0.1) is 25.2 Å². The molecule has 3 atom stereocenters. The van der Waals surface area contributed by atoms with Gasteiger partial charge in [-0.2, -0.15) is 0 Å². The van der Waals surface area contributed by atoms with Gasteiger partial charge < -0.3 is 20.3 Å². The number of hydrogen-bond acceptors (Lipinski definition) is 5. The van der Waals surface area contributed by atoms with E-state index < -0.39 is 18.2 Å². The molecule has 0 heterocycles. The molecule has 0 bridgehead atoms. The highest BCUT2D eigenvalue weighted by Gasteiger charge is 2.24. The molecule has 0 saturated carbocycles. The van der Waals surface area contributed by atoms with Crippen LogP contribution in [0.15, 0.2) is 60.8 Å². The van der Waals surface area contributed by atoms with Crippen LogP contribution >= 0.6 is 0 Å². The Hall–Kier alpha value is -2.44. The van der Waals surface area contributed by atoms with E-state index in [9.17, 15) is 19.8 Å². The van der Waals surface area contributed by atoms with Crippen LogP contribution in [-0.4, -0.2) is 46.9 Å². The molecule has 0 saturated heterocycles. The maximum absolute atomic E-state index is 13.1. The van der Waals surface area contributed by atoms with Gasteiger partial charge in [-0.05, 0) is 83.5 Å². The highest BCUT2D eigenvalue weighted by atomic mass is 16.5. The number of aliphatic hydroxyl groups excluding tert-OH is 2. The van der Waals surface area contributed by atoms with Crippen molar-refractivity contribution in [3.8, 4) is 0 Å². The highest BCUT2D eigenvalue weighted by Crippen LogP contribution is 2.17. The second kappa shape index (κ2) is 44.7. The number of ether oxygens (including phenoxy) is 1. The van der Waals surface area contributed by atoms with Gasteiger partial charge in [-0.15, -0.1) is 0 Å². The third-order valence-electron chi connectivity index (χ3n) is 10.6. The molecule has 6 nitrogen and oxygen atoms in total. The molecule has 6 heteroatoms. The average molecular weight is 798 g/mol. The Labute approximate surface area is 352 Å². The molecule has 3 unspecified atom stereocenters. The first-order chi connectivity index (χ1) is 28.0. The summed E-state index contributed by atoms with van der Waals surface area (Å²) >= 11 is 0. The van der Waals surface area contributed by atoms with Gasteiger partial charge in [0.15, 0.2) is 0 Å². The van der Waals surface area contributed by atoms with Gasteiger partial charge in [0.2, 0.25) is 5.91 Å².